The average Bonchev–Trinajstić information content (AvgIpc) is 2.94. The second kappa shape index (κ2) is 11.1. The molecule has 3 heterocycles. The predicted octanol–water partition coefficient (Wildman–Crippen LogP) is 8.03. The summed E-state index contributed by atoms with van der Waals surface area (Å²) < 4.78 is 0. The average molecular weight is 674 g/mol. The summed E-state index contributed by atoms with van der Waals surface area (Å²) >= 11 is 0. The van der Waals surface area contributed by atoms with Gasteiger partial charge in [0.25, 0.3) is 0 Å². The number of rotatable bonds is 2. The number of hydrogen-bond donors (Lipinski definition) is 0. The quantitative estimate of drug-likeness (QED) is 0.178. The van der Waals surface area contributed by atoms with Crippen molar-refractivity contribution >= 4 is 0 Å². The van der Waals surface area contributed by atoms with Gasteiger partial charge in [0.05, 0.1) is 5.69 Å². The molecule has 0 amide bonds. The first-order valence-corrected chi connectivity index (χ1v) is 12.6. The largest absolute Gasteiger partial charge is 0.305 e. The molecule has 4 heteroatoms. The molecule has 1 radical (unpaired) electrons. The molecule has 0 aliphatic heterocycles. The minimum atomic E-state index is -0.0539. The van der Waals surface area contributed by atoms with Gasteiger partial charge in [-0.1, -0.05) is 63.6 Å². The summed E-state index contributed by atoms with van der Waals surface area (Å²) in [5, 5.41) is 0. The molecule has 6 rings (SSSR count). The van der Waals surface area contributed by atoms with E-state index in [1.54, 1.807) is 6.20 Å². The molecular weight excluding hydrogens is 643 g/mol. The van der Waals surface area contributed by atoms with Gasteiger partial charge < -0.3 is 9.97 Å². The van der Waals surface area contributed by atoms with E-state index in [2.05, 4.69) is 81.0 Å². The van der Waals surface area contributed by atoms with Crippen LogP contribution in [0.4, 0.5) is 0 Å². The Morgan fingerprint density at radius 2 is 1.32 bits per heavy atom. The molecule has 0 unspecified atom stereocenters. The molecule has 0 N–H and O–H groups in total. The molecule has 0 atom stereocenters. The molecule has 0 saturated carbocycles. The van der Waals surface area contributed by atoms with E-state index in [-0.39, 0.29) is 30.9 Å². The van der Waals surface area contributed by atoms with Crippen LogP contribution in [-0.2, 0) is 30.9 Å². The first kappa shape index (κ1) is 27.6. The Morgan fingerprint density at radius 3 is 1.92 bits per heavy atom. The maximum atomic E-state index is 4.94. The number of hydrogen-bond acceptors (Lipinski definition) is 3. The van der Waals surface area contributed by atoms with Crippen LogP contribution < -0.4 is 0 Å². The van der Waals surface area contributed by atoms with Gasteiger partial charge in [0.2, 0.25) is 0 Å². The molecule has 193 valence electrons. The topological polar surface area (TPSA) is 38.7 Å². The first-order valence-electron chi connectivity index (χ1n) is 12.6. The van der Waals surface area contributed by atoms with E-state index in [4.69, 9.17) is 4.98 Å². The van der Waals surface area contributed by atoms with Crippen LogP contribution in [-0.4, -0.2) is 15.0 Å². The minimum absolute atomic E-state index is 0. The van der Waals surface area contributed by atoms with Gasteiger partial charge in [-0.15, -0.1) is 65.2 Å². The molecular formula is C34H31IrN3-2. The van der Waals surface area contributed by atoms with Crippen molar-refractivity contribution in [3.63, 3.8) is 0 Å². The zero-order chi connectivity index (χ0) is 26.0. The Hall–Kier alpha value is -3.46. The third kappa shape index (κ3) is 5.12. The Labute approximate surface area is 239 Å². The van der Waals surface area contributed by atoms with E-state index < -0.39 is 0 Å². The van der Waals surface area contributed by atoms with Crippen molar-refractivity contribution in [1.82, 2.24) is 15.0 Å². The second-order valence-electron chi connectivity index (χ2n) is 10.5. The van der Waals surface area contributed by atoms with E-state index >= 15 is 0 Å². The molecule has 2 aromatic carbocycles. The molecule has 3 nitrogen and oxygen atoms in total. The fourth-order valence-electron chi connectivity index (χ4n) is 4.86. The molecule has 0 fully saturated rings. The summed E-state index contributed by atoms with van der Waals surface area (Å²) in [6.07, 6.45) is 3.62. The van der Waals surface area contributed by atoms with Crippen LogP contribution in [0.25, 0.3) is 33.6 Å². The van der Waals surface area contributed by atoms with Gasteiger partial charge in [-0.05, 0) is 47.5 Å². The third-order valence-corrected chi connectivity index (χ3v) is 7.69. The van der Waals surface area contributed by atoms with Gasteiger partial charge >= 0.3 is 0 Å². The van der Waals surface area contributed by atoms with Gasteiger partial charge in [-0.2, -0.15) is 0 Å². The SMILES string of the molecule is Cc1ccc2c(n1)C(C)(C)C(C)(C)c1c[c-]c(-c3ccccn3)cc1-2.[Ir].[c-]1ccccc1-c1ccccn1. The van der Waals surface area contributed by atoms with Gasteiger partial charge in [0, 0.05) is 43.6 Å². The molecule has 1 aliphatic carbocycles. The van der Waals surface area contributed by atoms with Crippen molar-refractivity contribution in [3.05, 3.63) is 126 Å². The molecule has 0 bridgehead atoms. The summed E-state index contributed by atoms with van der Waals surface area (Å²) in [7, 11) is 0. The summed E-state index contributed by atoms with van der Waals surface area (Å²) in [6, 6.07) is 35.0. The van der Waals surface area contributed by atoms with Gasteiger partial charge in [-0.25, -0.2) is 0 Å². The van der Waals surface area contributed by atoms with Gasteiger partial charge in [0.15, 0.2) is 0 Å². The number of aromatic nitrogens is 3. The first-order chi connectivity index (χ1) is 17.8. The van der Waals surface area contributed by atoms with Crippen LogP contribution >= 0.6 is 0 Å². The Bertz CT molecular complexity index is 1470. The molecule has 0 spiro atoms. The molecule has 1 aliphatic rings. The zero-order valence-corrected chi connectivity index (χ0v) is 24.8. The van der Waals surface area contributed by atoms with Crippen LogP contribution in [0.1, 0.15) is 44.6 Å². The summed E-state index contributed by atoms with van der Waals surface area (Å²) in [5.41, 5.74) is 9.98. The fraction of sp³-hybridized carbons (Fsp3) is 0.206. The summed E-state index contributed by atoms with van der Waals surface area (Å²) in [6.45, 7) is 11.3. The van der Waals surface area contributed by atoms with Crippen molar-refractivity contribution in [2.45, 2.75) is 45.4 Å². The van der Waals surface area contributed by atoms with Crippen LogP contribution in [0.2, 0.25) is 0 Å². The van der Waals surface area contributed by atoms with Crippen LogP contribution in [0.3, 0.4) is 0 Å². The predicted molar refractivity (Wildman–Crippen MR) is 151 cm³/mol. The van der Waals surface area contributed by atoms with Crippen molar-refractivity contribution < 1.29 is 20.1 Å². The minimum Gasteiger partial charge on any atom is -0.305 e. The molecule has 5 aromatic rings. The van der Waals surface area contributed by atoms with E-state index in [0.717, 1.165) is 28.2 Å². The van der Waals surface area contributed by atoms with Crippen molar-refractivity contribution in [3.8, 4) is 33.6 Å². The number of fused-ring (bicyclic) bond motifs is 3. The van der Waals surface area contributed by atoms with Gasteiger partial charge in [-0.3, -0.25) is 4.98 Å². The molecule has 3 aromatic heterocycles. The number of aryl methyl sites for hydroxylation is 1. The van der Waals surface area contributed by atoms with Crippen molar-refractivity contribution in [2.24, 2.45) is 0 Å². The van der Waals surface area contributed by atoms with E-state index in [1.165, 1.54) is 22.4 Å². The summed E-state index contributed by atoms with van der Waals surface area (Å²) in [4.78, 5) is 13.6. The van der Waals surface area contributed by atoms with Crippen LogP contribution in [0.15, 0.2) is 97.3 Å². The maximum absolute atomic E-state index is 4.94. The third-order valence-electron chi connectivity index (χ3n) is 7.69. The van der Waals surface area contributed by atoms with E-state index in [1.807, 2.05) is 66.9 Å². The Morgan fingerprint density at radius 1 is 0.658 bits per heavy atom. The van der Waals surface area contributed by atoms with Crippen LogP contribution in [0, 0.1) is 19.1 Å². The van der Waals surface area contributed by atoms with E-state index in [0.29, 0.717) is 0 Å². The van der Waals surface area contributed by atoms with Crippen molar-refractivity contribution in [1.29, 1.82) is 0 Å². The Balaban J connectivity index is 0.000000218. The smallest absolute Gasteiger partial charge is 0.0526 e. The van der Waals surface area contributed by atoms with Gasteiger partial charge in [0.1, 0.15) is 0 Å². The maximum Gasteiger partial charge on any atom is 0.0526 e. The monoisotopic (exact) mass is 674 g/mol. The summed E-state index contributed by atoms with van der Waals surface area (Å²) in [5.74, 6) is 0. The van der Waals surface area contributed by atoms with Crippen molar-refractivity contribution in [2.75, 3.05) is 0 Å². The fourth-order valence-corrected chi connectivity index (χ4v) is 4.86. The Kier molecular flexibility index (Phi) is 8.06. The van der Waals surface area contributed by atoms with Crippen LogP contribution in [0.5, 0.6) is 0 Å². The standard InChI is InChI=1S/C23H23N2.C11H8N.Ir/c1-15-9-11-17-18-14-16(20-8-6-7-13-24-20)10-12-19(18)22(2,3)23(4,5)21(17)25-15;1-2-6-10(7-3-1)11-8-4-5-9-12-11;/h6-9,11-14H,1-5H3;1-6,8-9H;/q2*-1;. The normalized spacial score (nSPS) is 14.1. The second-order valence-corrected chi connectivity index (χ2v) is 10.5. The number of pyridine rings is 3. The van der Waals surface area contributed by atoms with E-state index in [9.17, 15) is 0 Å². The number of nitrogens with zero attached hydrogens (tertiary/aromatic N) is 3. The molecule has 38 heavy (non-hydrogen) atoms. The number of benzene rings is 2. The molecule has 0 saturated heterocycles. The zero-order valence-electron chi connectivity index (χ0n) is 22.4.